The molecule has 0 radical (unpaired) electrons. The summed E-state index contributed by atoms with van der Waals surface area (Å²) in [6.45, 7) is 4.76. The minimum Gasteiger partial charge on any atom is -0.369 e. The molecule has 5 N–H and O–H groups in total. The van der Waals surface area contributed by atoms with Gasteiger partial charge in [-0.3, -0.25) is 4.79 Å². The number of primary amides is 1. The first-order valence-electron chi connectivity index (χ1n) is 6.31. The Morgan fingerprint density at radius 2 is 2.00 bits per heavy atom. The molecule has 0 aliphatic carbocycles. The lowest BCUT2D eigenvalue weighted by atomic mass is 9.96. The Morgan fingerprint density at radius 1 is 1.33 bits per heavy atom. The van der Waals surface area contributed by atoms with Crippen LogP contribution < -0.4 is 16.9 Å². The number of ketones is 1. The van der Waals surface area contributed by atoms with E-state index in [4.69, 9.17) is 11.6 Å². The highest BCUT2D eigenvalue weighted by atomic mass is 16.6. The normalized spacial score (nSPS) is 14.2. The van der Waals surface area contributed by atoms with Crippen molar-refractivity contribution in [2.45, 2.75) is 45.6 Å². The van der Waals surface area contributed by atoms with Crippen LogP contribution in [0.2, 0.25) is 0 Å². The van der Waals surface area contributed by atoms with E-state index in [2.05, 4.69) is 10.2 Å². The van der Waals surface area contributed by atoms with E-state index in [-0.39, 0.29) is 30.1 Å². The van der Waals surface area contributed by atoms with Crippen LogP contribution in [0.5, 0.6) is 0 Å². The molecule has 6 nitrogen and oxygen atoms in total. The lowest BCUT2D eigenvalue weighted by Crippen LogP contribution is -2.32. The number of amides is 1. The number of rotatable bonds is 11. The van der Waals surface area contributed by atoms with Gasteiger partial charge in [0.2, 0.25) is 5.91 Å². The molecule has 0 bridgehead atoms. The van der Waals surface area contributed by atoms with Crippen LogP contribution in [-0.4, -0.2) is 30.9 Å². The highest BCUT2D eigenvalue weighted by molar-refractivity contribution is 5.84. The summed E-state index contributed by atoms with van der Waals surface area (Å²) in [4.78, 5) is 26.6. The van der Waals surface area contributed by atoms with Crippen molar-refractivity contribution in [1.29, 1.82) is 0 Å². The van der Waals surface area contributed by atoms with E-state index < -0.39 is 0 Å². The highest BCUT2D eigenvalue weighted by Crippen LogP contribution is 2.12. The van der Waals surface area contributed by atoms with Gasteiger partial charge in [-0.2, -0.15) is 0 Å². The van der Waals surface area contributed by atoms with Crippen LogP contribution in [0.1, 0.15) is 39.5 Å². The van der Waals surface area contributed by atoms with Gasteiger partial charge < -0.3 is 20.7 Å². The van der Waals surface area contributed by atoms with E-state index in [1.165, 1.54) is 6.92 Å². The number of nitrogens with two attached hydrogens (primary N) is 2. The number of hydrogen-bond donors (Lipinski definition) is 3. The van der Waals surface area contributed by atoms with E-state index in [0.717, 1.165) is 19.4 Å². The van der Waals surface area contributed by atoms with Gasteiger partial charge in [0, 0.05) is 18.4 Å². The first kappa shape index (κ1) is 17.0. The minimum absolute atomic E-state index is 0.00522. The molecule has 0 saturated carbocycles. The zero-order valence-corrected chi connectivity index (χ0v) is 11.3. The third kappa shape index (κ3) is 9.09. The van der Waals surface area contributed by atoms with Crippen molar-refractivity contribution < 1.29 is 14.4 Å². The van der Waals surface area contributed by atoms with Gasteiger partial charge in [0.15, 0.2) is 0 Å². The summed E-state index contributed by atoms with van der Waals surface area (Å²) in [5, 5.41) is 3.24. The third-order valence-electron chi connectivity index (χ3n) is 2.75. The first-order valence-corrected chi connectivity index (χ1v) is 6.31. The van der Waals surface area contributed by atoms with Gasteiger partial charge in [0.25, 0.3) is 0 Å². The zero-order chi connectivity index (χ0) is 14.0. The van der Waals surface area contributed by atoms with Gasteiger partial charge in [-0.1, -0.05) is 6.42 Å². The van der Waals surface area contributed by atoms with Gasteiger partial charge in [0.1, 0.15) is 5.78 Å². The number of carbonyl (C=O) groups is 2. The summed E-state index contributed by atoms with van der Waals surface area (Å²) in [7, 11) is 0. The predicted octanol–water partition coefficient (Wildman–Crippen LogP) is 0.106. The van der Waals surface area contributed by atoms with Crippen molar-refractivity contribution in [2.75, 3.05) is 13.2 Å². The Morgan fingerprint density at radius 3 is 2.50 bits per heavy atom. The average molecular weight is 259 g/mol. The third-order valence-corrected chi connectivity index (χ3v) is 2.75. The summed E-state index contributed by atoms with van der Waals surface area (Å²) in [6, 6.07) is 0.208. The zero-order valence-electron chi connectivity index (χ0n) is 11.3. The lowest BCUT2D eigenvalue weighted by molar-refractivity contribution is -0.126. The molecule has 106 valence electrons. The fourth-order valence-corrected chi connectivity index (χ4v) is 1.76. The van der Waals surface area contributed by atoms with Crippen LogP contribution in [0.3, 0.4) is 0 Å². The summed E-state index contributed by atoms with van der Waals surface area (Å²) in [5.41, 5.74) is 5.25. The number of hydrogen-bond acceptors (Lipinski definition) is 5. The monoisotopic (exact) mass is 259 g/mol. The fraction of sp³-hybridized carbons (Fsp3) is 0.833. The highest BCUT2D eigenvalue weighted by Gasteiger charge is 2.16. The molecular weight excluding hydrogens is 234 g/mol. The Bertz CT molecular complexity index is 259. The number of Topliss-reactive ketones (excluding diaryl/α,β-unsaturated/α-hetero) is 1. The summed E-state index contributed by atoms with van der Waals surface area (Å²) in [5.74, 6) is 4.25. The lowest BCUT2D eigenvalue weighted by Gasteiger charge is -2.13. The van der Waals surface area contributed by atoms with Crippen molar-refractivity contribution in [3.05, 3.63) is 0 Å². The van der Waals surface area contributed by atoms with E-state index in [1.54, 1.807) is 0 Å². The maximum absolute atomic E-state index is 11.1. The molecule has 18 heavy (non-hydrogen) atoms. The topological polar surface area (TPSA) is 107 Å². The van der Waals surface area contributed by atoms with E-state index in [1.807, 2.05) is 6.92 Å². The van der Waals surface area contributed by atoms with Crippen LogP contribution in [0, 0.1) is 5.92 Å². The van der Waals surface area contributed by atoms with Crippen LogP contribution in [0.15, 0.2) is 0 Å². The summed E-state index contributed by atoms with van der Waals surface area (Å²) in [6.07, 6.45) is 2.71. The Labute approximate surface area is 108 Å². The SMILES string of the molecule is CC(=O)CC(CCCCNC(C)CON)C(N)=O. The van der Waals surface area contributed by atoms with Crippen molar-refractivity contribution in [3.8, 4) is 0 Å². The van der Waals surface area contributed by atoms with Crippen LogP contribution in [-0.2, 0) is 14.4 Å². The molecule has 0 saturated heterocycles. The quantitative estimate of drug-likeness (QED) is 0.360. The Balaban J connectivity index is 3.67. The molecule has 0 heterocycles. The first-order chi connectivity index (χ1) is 8.47. The van der Waals surface area contributed by atoms with Gasteiger partial charge >= 0.3 is 0 Å². The molecule has 0 aromatic heterocycles. The molecular formula is C12H25N3O3. The van der Waals surface area contributed by atoms with Gasteiger partial charge in [-0.05, 0) is 33.2 Å². The summed E-state index contributed by atoms with van der Waals surface area (Å²) >= 11 is 0. The van der Waals surface area contributed by atoms with E-state index >= 15 is 0 Å². The van der Waals surface area contributed by atoms with Crippen molar-refractivity contribution in [3.63, 3.8) is 0 Å². The molecule has 0 fully saturated rings. The predicted molar refractivity (Wildman–Crippen MR) is 69.4 cm³/mol. The smallest absolute Gasteiger partial charge is 0.220 e. The molecule has 6 heteroatoms. The van der Waals surface area contributed by atoms with Crippen molar-refractivity contribution in [1.82, 2.24) is 5.32 Å². The molecule has 2 unspecified atom stereocenters. The second-order valence-electron chi connectivity index (χ2n) is 4.69. The van der Waals surface area contributed by atoms with Gasteiger partial charge in [-0.25, -0.2) is 5.90 Å². The van der Waals surface area contributed by atoms with E-state index in [0.29, 0.717) is 13.0 Å². The molecule has 0 spiro atoms. The second kappa shape index (κ2) is 9.99. The molecule has 0 aliphatic rings. The fourth-order valence-electron chi connectivity index (χ4n) is 1.76. The second-order valence-corrected chi connectivity index (χ2v) is 4.69. The molecule has 0 aromatic rings. The maximum Gasteiger partial charge on any atom is 0.220 e. The Hall–Kier alpha value is -0.980. The number of unbranched alkanes of at least 4 members (excludes halogenated alkanes) is 1. The summed E-state index contributed by atoms with van der Waals surface area (Å²) < 4.78 is 0. The Kier molecular flexibility index (Phi) is 9.45. The van der Waals surface area contributed by atoms with E-state index in [9.17, 15) is 9.59 Å². The van der Waals surface area contributed by atoms with Gasteiger partial charge in [-0.15, -0.1) is 0 Å². The van der Waals surface area contributed by atoms with Crippen molar-refractivity contribution in [2.24, 2.45) is 17.5 Å². The molecule has 2 atom stereocenters. The van der Waals surface area contributed by atoms with Crippen LogP contribution >= 0.6 is 0 Å². The largest absolute Gasteiger partial charge is 0.369 e. The minimum atomic E-state index is -0.386. The van der Waals surface area contributed by atoms with Crippen LogP contribution in [0.25, 0.3) is 0 Å². The molecule has 0 aromatic carbocycles. The number of nitrogens with one attached hydrogen (secondary N) is 1. The number of carbonyl (C=O) groups excluding carboxylic acids is 2. The molecule has 0 rings (SSSR count). The molecule has 0 aliphatic heterocycles. The van der Waals surface area contributed by atoms with Gasteiger partial charge in [0.05, 0.1) is 6.61 Å². The maximum atomic E-state index is 11.1. The molecule has 1 amide bonds. The average Bonchev–Trinajstić information content (AvgIpc) is 2.26. The standard InChI is InChI=1S/C12H25N3O3/c1-9(8-18-14)15-6-4-3-5-11(12(13)17)7-10(2)16/h9,11,15H,3-8,14H2,1-2H3,(H2,13,17). The van der Waals surface area contributed by atoms with Crippen molar-refractivity contribution >= 4 is 11.7 Å². The van der Waals surface area contributed by atoms with Crippen LogP contribution in [0.4, 0.5) is 0 Å².